The number of morpholine rings is 1. The van der Waals surface area contributed by atoms with Crippen LogP contribution in [0.1, 0.15) is 19.3 Å². The molecule has 1 aromatic carbocycles. The maximum Gasteiger partial charge on any atom is 0.236 e. The molecule has 2 aliphatic heterocycles. The van der Waals surface area contributed by atoms with Crippen molar-refractivity contribution in [3.63, 3.8) is 0 Å². The molecule has 31 heavy (non-hydrogen) atoms. The lowest BCUT2D eigenvalue weighted by atomic mass is 9.88. The van der Waals surface area contributed by atoms with Crippen LogP contribution in [0.25, 0.3) is 10.9 Å². The first-order valence-corrected chi connectivity index (χ1v) is 11.4. The maximum atomic E-state index is 14.3. The van der Waals surface area contributed by atoms with E-state index in [-0.39, 0.29) is 17.8 Å². The van der Waals surface area contributed by atoms with E-state index in [0.29, 0.717) is 31.2 Å². The van der Waals surface area contributed by atoms with Gasteiger partial charge in [0.15, 0.2) is 0 Å². The Bertz CT molecular complexity index is 944. The SMILES string of the molecule is CN(C(=O)CN1CCOCC1)C1CC(C2CC2)CN(c2ccc(F)c3ncccc23)C1. The molecule has 1 aromatic heterocycles. The van der Waals surface area contributed by atoms with Gasteiger partial charge in [-0.05, 0) is 55.4 Å². The summed E-state index contributed by atoms with van der Waals surface area (Å²) >= 11 is 0. The summed E-state index contributed by atoms with van der Waals surface area (Å²) in [5.74, 6) is 1.20. The molecule has 1 amide bonds. The molecule has 2 unspecified atom stereocenters. The number of rotatable bonds is 5. The van der Waals surface area contributed by atoms with Gasteiger partial charge in [0, 0.05) is 56.5 Å². The zero-order valence-electron chi connectivity index (χ0n) is 18.2. The second kappa shape index (κ2) is 8.71. The van der Waals surface area contributed by atoms with Gasteiger partial charge in [-0.1, -0.05) is 0 Å². The summed E-state index contributed by atoms with van der Waals surface area (Å²) in [6, 6.07) is 7.37. The lowest BCUT2D eigenvalue weighted by Crippen LogP contribution is -2.54. The van der Waals surface area contributed by atoms with Crippen molar-refractivity contribution in [2.24, 2.45) is 11.8 Å². The number of hydrogen-bond donors (Lipinski definition) is 0. The molecule has 2 atom stereocenters. The van der Waals surface area contributed by atoms with Gasteiger partial charge < -0.3 is 14.5 Å². The Morgan fingerprint density at radius 1 is 1.19 bits per heavy atom. The number of carbonyl (C=O) groups excluding carboxylic acids is 1. The van der Waals surface area contributed by atoms with E-state index >= 15 is 0 Å². The van der Waals surface area contributed by atoms with E-state index in [1.807, 2.05) is 30.1 Å². The average Bonchev–Trinajstić information content (AvgIpc) is 3.65. The molecule has 1 saturated carbocycles. The standard InChI is InChI=1S/C24H31FN4O2/c1-27(23(30)16-28-9-11-31-12-10-28)19-13-18(17-4-5-17)14-29(15-19)22-7-6-21(25)24-20(22)3-2-8-26-24/h2-3,6-8,17-19H,4-5,9-16H2,1H3. The van der Waals surface area contributed by atoms with Crippen molar-refractivity contribution in [3.8, 4) is 0 Å². The van der Waals surface area contributed by atoms with Crippen molar-refractivity contribution in [3.05, 3.63) is 36.3 Å². The summed E-state index contributed by atoms with van der Waals surface area (Å²) in [5, 5.41) is 0.847. The van der Waals surface area contributed by atoms with Crippen molar-refractivity contribution >= 4 is 22.5 Å². The lowest BCUT2D eigenvalue weighted by Gasteiger charge is -2.43. The van der Waals surface area contributed by atoms with Crippen LogP contribution < -0.4 is 4.90 Å². The molecule has 3 fully saturated rings. The second-order valence-corrected chi connectivity index (χ2v) is 9.25. The number of fused-ring (bicyclic) bond motifs is 1. The Morgan fingerprint density at radius 3 is 2.77 bits per heavy atom. The summed E-state index contributed by atoms with van der Waals surface area (Å²) in [6.45, 7) is 5.21. The first-order valence-electron chi connectivity index (χ1n) is 11.4. The molecule has 3 heterocycles. The van der Waals surface area contributed by atoms with Crippen molar-refractivity contribution in [1.29, 1.82) is 0 Å². The highest BCUT2D eigenvalue weighted by Crippen LogP contribution is 2.43. The molecule has 0 bridgehead atoms. The van der Waals surface area contributed by atoms with Crippen LogP contribution in [0, 0.1) is 17.7 Å². The summed E-state index contributed by atoms with van der Waals surface area (Å²) in [5.41, 5.74) is 1.44. The van der Waals surface area contributed by atoms with Crippen molar-refractivity contribution < 1.29 is 13.9 Å². The van der Waals surface area contributed by atoms with E-state index in [1.54, 1.807) is 6.20 Å². The zero-order chi connectivity index (χ0) is 21.4. The second-order valence-electron chi connectivity index (χ2n) is 9.25. The van der Waals surface area contributed by atoms with Crippen LogP contribution in [0.2, 0.25) is 0 Å². The molecule has 5 rings (SSSR count). The zero-order valence-corrected chi connectivity index (χ0v) is 18.2. The molecule has 7 heteroatoms. The summed E-state index contributed by atoms with van der Waals surface area (Å²) in [6.07, 6.45) is 5.24. The number of benzene rings is 1. The van der Waals surface area contributed by atoms with Crippen molar-refractivity contribution in [1.82, 2.24) is 14.8 Å². The fourth-order valence-corrected chi connectivity index (χ4v) is 5.16. The largest absolute Gasteiger partial charge is 0.379 e. The van der Waals surface area contributed by atoms with Gasteiger partial charge in [-0.25, -0.2) is 4.39 Å². The molecular weight excluding hydrogens is 395 g/mol. The number of nitrogens with zero attached hydrogens (tertiary/aromatic N) is 4. The van der Waals surface area contributed by atoms with Crippen molar-refractivity contribution in [2.45, 2.75) is 25.3 Å². The fraction of sp³-hybridized carbons (Fsp3) is 0.583. The highest BCUT2D eigenvalue weighted by molar-refractivity contribution is 5.92. The maximum absolute atomic E-state index is 14.3. The van der Waals surface area contributed by atoms with Crippen LogP contribution in [0.4, 0.5) is 10.1 Å². The molecule has 3 aliphatic rings. The van der Waals surface area contributed by atoms with Crippen LogP contribution in [0.15, 0.2) is 30.5 Å². The number of piperidine rings is 1. The Hall–Kier alpha value is -2.25. The van der Waals surface area contributed by atoms with Gasteiger partial charge in [0.25, 0.3) is 0 Å². The highest BCUT2D eigenvalue weighted by atomic mass is 19.1. The number of hydrogen-bond acceptors (Lipinski definition) is 5. The average molecular weight is 427 g/mol. The fourth-order valence-electron chi connectivity index (χ4n) is 5.16. The topological polar surface area (TPSA) is 48.9 Å². The molecular formula is C24H31FN4O2. The van der Waals surface area contributed by atoms with E-state index in [2.05, 4.69) is 14.8 Å². The molecule has 1 aliphatic carbocycles. The van der Waals surface area contributed by atoms with Gasteiger partial charge in [-0.3, -0.25) is 14.7 Å². The van der Waals surface area contributed by atoms with Crippen LogP contribution in [-0.4, -0.2) is 79.7 Å². The Labute approximate surface area is 183 Å². The minimum absolute atomic E-state index is 0.157. The monoisotopic (exact) mass is 426 g/mol. The number of likely N-dealkylation sites (N-methyl/N-ethyl adjacent to an activating group) is 1. The third-order valence-corrected chi connectivity index (χ3v) is 7.19. The van der Waals surface area contributed by atoms with Gasteiger partial charge in [-0.2, -0.15) is 0 Å². The van der Waals surface area contributed by atoms with Crippen molar-refractivity contribution in [2.75, 3.05) is 57.9 Å². The summed E-state index contributed by atoms with van der Waals surface area (Å²) in [4.78, 5) is 23.8. The number of aromatic nitrogens is 1. The normalized spacial score (nSPS) is 25.0. The predicted molar refractivity (Wildman–Crippen MR) is 119 cm³/mol. The van der Waals surface area contributed by atoms with Gasteiger partial charge in [0.05, 0.1) is 19.8 Å². The summed E-state index contributed by atoms with van der Waals surface area (Å²) in [7, 11) is 1.95. The highest BCUT2D eigenvalue weighted by Gasteiger charge is 2.40. The van der Waals surface area contributed by atoms with Gasteiger partial charge in [0.2, 0.25) is 5.91 Å². The Balaban J connectivity index is 1.37. The van der Waals surface area contributed by atoms with E-state index < -0.39 is 0 Å². The smallest absolute Gasteiger partial charge is 0.236 e. The quantitative estimate of drug-likeness (QED) is 0.736. The first-order chi connectivity index (χ1) is 15.1. The van der Waals surface area contributed by atoms with E-state index in [1.165, 1.54) is 18.9 Å². The molecule has 0 N–H and O–H groups in total. The third kappa shape index (κ3) is 4.39. The number of amides is 1. The third-order valence-electron chi connectivity index (χ3n) is 7.19. The minimum atomic E-state index is -0.288. The number of anilines is 1. The van der Waals surface area contributed by atoms with E-state index in [0.717, 1.165) is 49.6 Å². The Morgan fingerprint density at radius 2 is 2.00 bits per heavy atom. The van der Waals surface area contributed by atoms with Crippen LogP contribution in [0.5, 0.6) is 0 Å². The number of ether oxygens (including phenoxy) is 1. The molecule has 2 saturated heterocycles. The summed E-state index contributed by atoms with van der Waals surface area (Å²) < 4.78 is 19.7. The molecule has 166 valence electrons. The molecule has 0 spiro atoms. The minimum Gasteiger partial charge on any atom is -0.379 e. The first kappa shape index (κ1) is 20.6. The lowest BCUT2D eigenvalue weighted by molar-refractivity contribution is -0.134. The number of pyridine rings is 1. The van der Waals surface area contributed by atoms with Crippen LogP contribution in [-0.2, 0) is 9.53 Å². The van der Waals surface area contributed by atoms with E-state index in [9.17, 15) is 9.18 Å². The Kier molecular flexibility index (Phi) is 5.80. The molecule has 2 aromatic rings. The molecule has 6 nitrogen and oxygen atoms in total. The molecule has 0 radical (unpaired) electrons. The van der Waals surface area contributed by atoms with Crippen LogP contribution in [0.3, 0.4) is 0 Å². The van der Waals surface area contributed by atoms with Crippen LogP contribution >= 0.6 is 0 Å². The number of halogens is 1. The van der Waals surface area contributed by atoms with Gasteiger partial charge >= 0.3 is 0 Å². The van der Waals surface area contributed by atoms with Gasteiger partial charge in [0.1, 0.15) is 11.3 Å². The number of carbonyl (C=O) groups is 1. The van der Waals surface area contributed by atoms with Gasteiger partial charge in [-0.15, -0.1) is 0 Å². The van der Waals surface area contributed by atoms with E-state index in [4.69, 9.17) is 4.74 Å². The predicted octanol–water partition coefficient (Wildman–Crippen LogP) is 2.77.